The van der Waals surface area contributed by atoms with Crippen LogP contribution in [0, 0.1) is 21.7 Å². The highest BCUT2D eigenvalue weighted by Crippen LogP contribution is 2.24. The molecular weight excluding hydrogens is 272 g/mol. The average Bonchev–Trinajstić information content (AvgIpc) is 2.41. The van der Waals surface area contributed by atoms with Gasteiger partial charge in [-0.25, -0.2) is 8.78 Å². The molecule has 1 fully saturated rings. The van der Waals surface area contributed by atoms with E-state index in [0.717, 1.165) is 0 Å². The SMILES string of the molecule is C[C@H]1CNCCN1C(=O)c1cc(F)c(F)cc1[N+](=O)[O-]. The fourth-order valence-electron chi connectivity index (χ4n) is 2.16. The number of amides is 1. The first-order valence-corrected chi connectivity index (χ1v) is 6.07. The van der Waals surface area contributed by atoms with Crippen LogP contribution in [-0.2, 0) is 0 Å². The van der Waals surface area contributed by atoms with E-state index in [-0.39, 0.29) is 6.04 Å². The van der Waals surface area contributed by atoms with Crippen LogP contribution in [0.3, 0.4) is 0 Å². The van der Waals surface area contributed by atoms with Crippen LogP contribution in [0.1, 0.15) is 17.3 Å². The van der Waals surface area contributed by atoms with Crippen LogP contribution in [0.25, 0.3) is 0 Å². The zero-order valence-electron chi connectivity index (χ0n) is 10.7. The highest BCUT2D eigenvalue weighted by atomic mass is 19.2. The molecule has 0 bridgehead atoms. The van der Waals surface area contributed by atoms with Gasteiger partial charge in [0.2, 0.25) is 0 Å². The third-order valence-corrected chi connectivity index (χ3v) is 3.23. The fourth-order valence-corrected chi connectivity index (χ4v) is 2.16. The Labute approximate surface area is 113 Å². The first-order chi connectivity index (χ1) is 9.41. The zero-order valence-corrected chi connectivity index (χ0v) is 10.7. The number of hydrogen-bond acceptors (Lipinski definition) is 4. The molecule has 8 heteroatoms. The second-order valence-corrected chi connectivity index (χ2v) is 4.59. The molecule has 0 unspecified atom stereocenters. The smallest absolute Gasteiger partial charge is 0.285 e. The number of nitro groups is 1. The van der Waals surface area contributed by atoms with Crippen LogP contribution in [0.5, 0.6) is 0 Å². The lowest BCUT2D eigenvalue weighted by Crippen LogP contribution is -2.52. The summed E-state index contributed by atoms with van der Waals surface area (Å²) in [6.07, 6.45) is 0. The van der Waals surface area contributed by atoms with Crippen molar-refractivity contribution in [2.75, 3.05) is 19.6 Å². The number of hydrogen-bond donors (Lipinski definition) is 1. The molecule has 20 heavy (non-hydrogen) atoms. The van der Waals surface area contributed by atoms with E-state index in [1.165, 1.54) is 4.90 Å². The average molecular weight is 285 g/mol. The minimum Gasteiger partial charge on any atom is -0.333 e. The predicted octanol–water partition coefficient (Wildman–Crippen LogP) is 1.31. The number of nitrogens with zero attached hydrogens (tertiary/aromatic N) is 2. The van der Waals surface area contributed by atoms with Crippen molar-refractivity contribution in [2.45, 2.75) is 13.0 Å². The number of piperazine rings is 1. The molecule has 1 atom stereocenters. The molecule has 1 saturated heterocycles. The van der Waals surface area contributed by atoms with Gasteiger partial charge in [0.1, 0.15) is 5.56 Å². The fraction of sp³-hybridized carbons (Fsp3) is 0.417. The van der Waals surface area contributed by atoms with Gasteiger partial charge in [0.15, 0.2) is 11.6 Å². The summed E-state index contributed by atoms with van der Waals surface area (Å²) < 4.78 is 26.4. The number of rotatable bonds is 2. The quantitative estimate of drug-likeness (QED) is 0.656. The number of nitro benzene ring substituents is 1. The third-order valence-electron chi connectivity index (χ3n) is 3.23. The number of halogens is 2. The van der Waals surface area contributed by atoms with Crippen LogP contribution in [0.4, 0.5) is 14.5 Å². The molecular formula is C12H13F2N3O3. The standard InChI is InChI=1S/C12H13F2N3O3/c1-7-6-15-2-3-16(7)12(18)8-4-9(13)10(14)5-11(8)17(19)20/h4-5,7,15H,2-3,6H2,1H3/t7-/m0/s1. The van der Waals surface area contributed by atoms with Crippen molar-refractivity contribution in [3.63, 3.8) is 0 Å². The minimum atomic E-state index is -1.35. The van der Waals surface area contributed by atoms with E-state index in [0.29, 0.717) is 31.8 Å². The van der Waals surface area contributed by atoms with E-state index in [1.807, 2.05) is 0 Å². The number of benzene rings is 1. The Balaban J connectivity index is 2.42. The first kappa shape index (κ1) is 14.3. The molecule has 1 amide bonds. The van der Waals surface area contributed by atoms with Crippen molar-refractivity contribution in [2.24, 2.45) is 0 Å². The van der Waals surface area contributed by atoms with E-state index in [4.69, 9.17) is 0 Å². The van der Waals surface area contributed by atoms with Crippen LogP contribution < -0.4 is 5.32 Å². The summed E-state index contributed by atoms with van der Waals surface area (Å²) in [7, 11) is 0. The Morgan fingerprint density at radius 2 is 2.10 bits per heavy atom. The van der Waals surface area contributed by atoms with Gasteiger partial charge in [0.05, 0.1) is 11.0 Å². The van der Waals surface area contributed by atoms with Gasteiger partial charge in [-0.15, -0.1) is 0 Å². The zero-order chi connectivity index (χ0) is 14.9. The summed E-state index contributed by atoms with van der Waals surface area (Å²) in [4.78, 5) is 23.7. The molecule has 1 heterocycles. The van der Waals surface area contributed by atoms with Crippen molar-refractivity contribution in [1.29, 1.82) is 0 Å². The van der Waals surface area contributed by atoms with Crippen molar-refractivity contribution in [1.82, 2.24) is 10.2 Å². The molecule has 0 aliphatic carbocycles. The molecule has 1 aliphatic rings. The first-order valence-electron chi connectivity index (χ1n) is 6.07. The lowest BCUT2D eigenvalue weighted by atomic mass is 10.1. The Morgan fingerprint density at radius 1 is 1.45 bits per heavy atom. The van der Waals surface area contributed by atoms with Gasteiger partial charge in [0.25, 0.3) is 11.6 Å². The highest BCUT2D eigenvalue weighted by molar-refractivity contribution is 5.98. The van der Waals surface area contributed by atoms with Gasteiger partial charge in [-0.1, -0.05) is 0 Å². The van der Waals surface area contributed by atoms with Gasteiger partial charge in [-0.05, 0) is 13.0 Å². The summed E-state index contributed by atoms with van der Waals surface area (Å²) in [6, 6.07) is 0.851. The predicted molar refractivity (Wildman–Crippen MR) is 66.4 cm³/mol. The van der Waals surface area contributed by atoms with E-state index < -0.39 is 33.7 Å². The van der Waals surface area contributed by atoms with Gasteiger partial charge >= 0.3 is 0 Å². The van der Waals surface area contributed by atoms with Gasteiger partial charge in [-0.3, -0.25) is 14.9 Å². The van der Waals surface area contributed by atoms with Crippen LogP contribution in [0.2, 0.25) is 0 Å². The van der Waals surface area contributed by atoms with E-state index >= 15 is 0 Å². The molecule has 1 N–H and O–H groups in total. The molecule has 108 valence electrons. The molecule has 0 aromatic heterocycles. The molecule has 1 aromatic rings. The summed E-state index contributed by atoms with van der Waals surface area (Å²) in [5, 5.41) is 14.0. The van der Waals surface area contributed by atoms with Gasteiger partial charge in [0, 0.05) is 25.7 Å². The van der Waals surface area contributed by atoms with E-state index in [2.05, 4.69) is 5.32 Å². The minimum absolute atomic E-state index is 0.177. The Hall–Kier alpha value is -2.09. The monoisotopic (exact) mass is 285 g/mol. The van der Waals surface area contributed by atoms with Crippen molar-refractivity contribution >= 4 is 11.6 Å². The maximum absolute atomic E-state index is 13.3. The summed E-state index contributed by atoms with van der Waals surface area (Å²) >= 11 is 0. The number of carbonyl (C=O) groups is 1. The van der Waals surface area contributed by atoms with Crippen molar-refractivity contribution in [3.05, 3.63) is 39.4 Å². The van der Waals surface area contributed by atoms with Crippen LogP contribution in [0.15, 0.2) is 12.1 Å². The highest BCUT2D eigenvalue weighted by Gasteiger charge is 2.30. The summed E-state index contributed by atoms with van der Waals surface area (Å²) in [5.74, 6) is -3.28. The molecule has 1 aromatic carbocycles. The van der Waals surface area contributed by atoms with E-state index in [1.54, 1.807) is 6.92 Å². The maximum atomic E-state index is 13.3. The topological polar surface area (TPSA) is 75.5 Å². The second-order valence-electron chi connectivity index (χ2n) is 4.59. The summed E-state index contributed by atoms with van der Waals surface area (Å²) in [6.45, 7) is 3.22. The lowest BCUT2D eigenvalue weighted by Gasteiger charge is -2.33. The molecule has 0 saturated carbocycles. The molecule has 0 radical (unpaired) electrons. The molecule has 1 aliphatic heterocycles. The van der Waals surface area contributed by atoms with Gasteiger partial charge in [-0.2, -0.15) is 0 Å². The number of nitrogens with one attached hydrogen (secondary N) is 1. The molecule has 0 spiro atoms. The normalized spacial score (nSPS) is 18.9. The van der Waals surface area contributed by atoms with Gasteiger partial charge < -0.3 is 10.2 Å². The summed E-state index contributed by atoms with van der Waals surface area (Å²) in [5.41, 5.74) is -1.15. The van der Waals surface area contributed by atoms with Crippen LogP contribution >= 0.6 is 0 Å². The number of carbonyl (C=O) groups excluding carboxylic acids is 1. The lowest BCUT2D eigenvalue weighted by molar-refractivity contribution is -0.385. The van der Waals surface area contributed by atoms with Crippen molar-refractivity contribution < 1.29 is 18.5 Å². The largest absolute Gasteiger partial charge is 0.333 e. The Bertz CT molecular complexity index is 565. The molecule has 2 rings (SSSR count). The second kappa shape index (κ2) is 5.49. The van der Waals surface area contributed by atoms with Crippen molar-refractivity contribution in [3.8, 4) is 0 Å². The Kier molecular flexibility index (Phi) is 3.93. The molecule has 6 nitrogen and oxygen atoms in total. The maximum Gasteiger partial charge on any atom is 0.285 e. The Morgan fingerprint density at radius 3 is 2.70 bits per heavy atom. The van der Waals surface area contributed by atoms with Crippen LogP contribution in [-0.4, -0.2) is 41.4 Å². The van der Waals surface area contributed by atoms with E-state index in [9.17, 15) is 23.7 Å². The third kappa shape index (κ3) is 2.60.